The third kappa shape index (κ3) is 3.63. The molecule has 1 aromatic heterocycles. The Kier molecular flexibility index (Phi) is 5.76. The monoisotopic (exact) mass is 589 g/mol. The smallest absolute Gasteiger partial charge is 0.164 e. The first-order valence-corrected chi connectivity index (χ1v) is 15.9. The average molecular weight is 590 g/mol. The number of hydrogen-bond acceptors (Lipinski definition) is 3. The van der Waals surface area contributed by atoms with Crippen molar-refractivity contribution in [1.29, 1.82) is 0 Å². The molecule has 46 heavy (non-hydrogen) atoms. The highest BCUT2D eigenvalue weighted by Gasteiger charge is 2.52. The topological polar surface area (TPSA) is 38.7 Å². The summed E-state index contributed by atoms with van der Waals surface area (Å²) in [7, 11) is 0. The van der Waals surface area contributed by atoms with Gasteiger partial charge in [-0.1, -0.05) is 152 Å². The predicted molar refractivity (Wildman–Crippen MR) is 186 cm³/mol. The maximum Gasteiger partial charge on any atom is 0.164 e. The van der Waals surface area contributed by atoms with Gasteiger partial charge in [0.05, 0.1) is 5.41 Å². The summed E-state index contributed by atoms with van der Waals surface area (Å²) in [5.41, 5.74) is 12.5. The van der Waals surface area contributed by atoms with Crippen LogP contribution < -0.4 is 0 Å². The number of hydrogen-bond donors (Lipinski definition) is 0. The fourth-order valence-corrected chi connectivity index (χ4v) is 7.81. The van der Waals surface area contributed by atoms with E-state index in [2.05, 4.69) is 141 Å². The van der Waals surface area contributed by atoms with Crippen LogP contribution in [0.3, 0.4) is 0 Å². The summed E-state index contributed by atoms with van der Waals surface area (Å²) in [6.07, 6.45) is 0. The minimum absolute atomic E-state index is 0.420. The molecule has 3 heteroatoms. The highest BCUT2D eigenvalue weighted by atomic mass is 15.0. The zero-order valence-corrected chi connectivity index (χ0v) is 25.8. The van der Waals surface area contributed by atoms with E-state index in [-0.39, 0.29) is 0 Å². The number of benzene rings is 6. The second-order valence-corrected chi connectivity index (χ2v) is 12.8. The Labute approximate surface area is 269 Å². The summed E-state index contributed by atoms with van der Waals surface area (Å²) < 4.78 is 0. The Morgan fingerprint density at radius 1 is 0.413 bits per heavy atom. The van der Waals surface area contributed by atoms with Crippen molar-refractivity contribution < 1.29 is 0 Å². The lowest BCUT2D eigenvalue weighted by atomic mass is 9.70. The van der Waals surface area contributed by atoms with Crippen molar-refractivity contribution in [2.75, 3.05) is 0 Å². The Bertz CT molecular complexity index is 2240. The van der Waals surface area contributed by atoms with Crippen LogP contribution in [0, 0.1) is 0 Å². The van der Waals surface area contributed by atoms with Gasteiger partial charge in [0.1, 0.15) is 5.82 Å². The maximum absolute atomic E-state index is 5.31. The van der Waals surface area contributed by atoms with Crippen molar-refractivity contribution in [3.8, 4) is 45.0 Å². The molecule has 0 unspecified atom stereocenters. The molecular formula is C43H31N3. The largest absolute Gasteiger partial charge is 0.212 e. The molecule has 7 aromatic rings. The fraction of sp³-hybridized carbons (Fsp3) is 0.0930. The molecule has 0 bridgehead atoms. The molecule has 218 valence electrons. The van der Waals surface area contributed by atoms with Gasteiger partial charge in [0, 0.05) is 16.5 Å². The summed E-state index contributed by atoms with van der Waals surface area (Å²) >= 11 is 0. The van der Waals surface area contributed by atoms with Gasteiger partial charge < -0.3 is 0 Å². The van der Waals surface area contributed by atoms with Crippen molar-refractivity contribution in [3.63, 3.8) is 0 Å². The summed E-state index contributed by atoms with van der Waals surface area (Å²) in [5.74, 6) is 2.12. The van der Waals surface area contributed by atoms with E-state index in [1.165, 1.54) is 44.5 Å². The molecule has 0 amide bonds. The first kappa shape index (κ1) is 26.7. The van der Waals surface area contributed by atoms with E-state index in [1.54, 1.807) is 0 Å². The van der Waals surface area contributed by atoms with Crippen LogP contribution in [0.15, 0.2) is 152 Å². The lowest BCUT2D eigenvalue weighted by molar-refractivity contribution is 0.588. The molecule has 0 N–H and O–H groups in total. The lowest BCUT2D eigenvalue weighted by Gasteiger charge is -2.30. The van der Waals surface area contributed by atoms with Gasteiger partial charge >= 0.3 is 0 Å². The molecule has 0 atom stereocenters. The molecule has 0 radical (unpaired) electrons. The van der Waals surface area contributed by atoms with Crippen molar-refractivity contribution in [1.82, 2.24) is 15.0 Å². The molecule has 3 nitrogen and oxygen atoms in total. The van der Waals surface area contributed by atoms with E-state index in [1.807, 2.05) is 24.3 Å². The van der Waals surface area contributed by atoms with Crippen LogP contribution in [0.5, 0.6) is 0 Å². The quantitative estimate of drug-likeness (QED) is 0.205. The Morgan fingerprint density at radius 2 is 0.891 bits per heavy atom. The Morgan fingerprint density at radius 3 is 1.54 bits per heavy atom. The second kappa shape index (κ2) is 9.92. The SMILES string of the molecule is CC(C)(c1ccccc1)c1nc(-c2ccccc2)nc(-c2cccc3c2-c2ccccc2C32c3ccccc3-c3ccccc32)n1. The van der Waals surface area contributed by atoms with Crippen LogP contribution in [0.1, 0.15) is 47.5 Å². The van der Waals surface area contributed by atoms with Gasteiger partial charge in [0.15, 0.2) is 11.6 Å². The average Bonchev–Trinajstić information content (AvgIpc) is 3.60. The third-order valence-corrected chi connectivity index (χ3v) is 9.98. The van der Waals surface area contributed by atoms with Crippen LogP contribution in [-0.4, -0.2) is 15.0 Å². The molecule has 2 aliphatic rings. The first-order chi connectivity index (χ1) is 22.6. The minimum Gasteiger partial charge on any atom is -0.212 e. The Hall–Kier alpha value is -5.67. The maximum atomic E-state index is 5.31. The molecule has 6 aromatic carbocycles. The van der Waals surface area contributed by atoms with Crippen LogP contribution in [0.4, 0.5) is 0 Å². The number of aromatic nitrogens is 3. The molecule has 0 aliphatic heterocycles. The van der Waals surface area contributed by atoms with E-state index in [0.29, 0.717) is 11.6 Å². The summed E-state index contributed by atoms with van der Waals surface area (Å²) in [4.78, 5) is 15.6. The van der Waals surface area contributed by atoms with E-state index < -0.39 is 10.8 Å². The van der Waals surface area contributed by atoms with Crippen LogP contribution in [0.25, 0.3) is 45.0 Å². The van der Waals surface area contributed by atoms with Gasteiger partial charge in [-0.15, -0.1) is 0 Å². The molecule has 1 spiro atoms. The zero-order valence-electron chi connectivity index (χ0n) is 25.8. The molecule has 0 saturated carbocycles. The van der Waals surface area contributed by atoms with Gasteiger partial charge in [-0.3, -0.25) is 0 Å². The number of nitrogens with zero attached hydrogens (tertiary/aromatic N) is 3. The van der Waals surface area contributed by atoms with Crippen LogP contribution in [-0.2, 0) is 10.8 Å². The van der Waals surface area contributed by atoms with Crippen LogP contribution >= 0.6 is 0 Å². The summed E-state index contributed by atoms with van der Waals surface area (Å²) in [6.45, 7) is 4.39. The normalized spacial score (nSPS) is 13.6. The van der Waals surface area contributed by atoms with E-state index >= 15 is 0 Å². The van der Waals surface area contributed by atoms with E-state index in [4.69, 9.17) is 15.0 Å². The molecule has 9 rings (SSSR count). The number of rotatable bonds is 4. The molecular weight excluding hydrogens is 558 g/mol. The Balaban J connectivity index is 1.35. The molecule has 0 fully saturated rings. The van der Waals surface area contributed by atoms with Crippen molar-refractivity contribution >= 4 is 0 Å². The highest BCUT2D eigenvalue weighted by Crippen LogP contribution is 2.63. The van der Waals surface area contributed by atoms with Crippen molar-refractivity contribution in [2.24, 2.45) is 0 Å². The molecule has 0 saturated heterocycles. The minimum atomic E-state index is -0.442. The van der Waals surface area contributed by atoms with E-state index in [0.717, 1.165) is 22.5 Å². The van der Waals surface area contributed by atoms with Crippen LogP contribution in [0.2, 0.25) is 0 Å². The highest BCUT2D eigenvalue weighted by molar-refractivity contribution is 5.99. The molecule has 2 aliphatic carbocycles. The summed E-state index contributed by atoms with van der Waals surface area (Å²) in [5, 5.41) is 0. The van der Waals surface area contributed by atoms with E-state index in [9.17, 15) is 0 Å². The van der Waals surface area contributed by atoms with Gasteiger partial charge in [0.2, 0.25) is 0 Å². The van der Waals surface area contributed by atoms with Crippen molar-refractivity contribution in [3.05, 3.63) is 185 Å². The number of fused-ring (bicyclic) bond motifs is 10. The zero-order chi connectivity index (χ0) is 30.9. The predicted octanol–water partition coefficient (Wildman–Crippen LogP) is 9.87. The van der Waals surface area contributed by atoms with Gasteiger partial charge in [0.25, 0.3) is 0 Å². The van der Waals surface area contributed by atoms with Gasteiger partial charge in [-0.25, -0.2) is 15.0 Å². The lowest BCUT2D eigenvalue weighted by Crippen LogP contribution is -2.25. The first-order valence-electron chi connectivity index (χ1n) is 15.9. The van der Waals surface area contributed by atoms with Gasteiger partial charge in [-0.05, 0) is 63.9 Å². The fourth-order valence-electron chi connectivity index (χ4n) is 7.81. The third-order valence-electron chi connectivity index (χ3n) is 9.98. The second-order valence-electron chi connectivity index (χ2n) is 12.8. The van der Waals surface area contributed by atoms with Crippen molar-refractivity contribution in [2.45, 2.75) is 24.7 Å². The standard InChI is InChI=1S/C43H31N3/c1-42(2,29-18-7-4-8-19-29)41-45-39(28-16-5-3-6-17-28)44-40(46-41)33-23-15-27-37-38(33)32-22-11-14-26-36(32)43(37)34-24-12-9-20-30(34)31-21-10-13-25-35(31)43/h3-27H,1-2H3. The summed E-state index contributed by atoms with van der Waals surface area (Å²) in [6, 6.07) is 54.1. The van der Waals surface area contributed by atoms with Gasteiger partial charge in [-0.2, -0.15) is 0 Å². The molecule has 1 heterocycles.